The van der Waals surface area contributed by atoms with Crippen molar-refractivity contribution in [3.8, 4) is 11.3 Å². The summed E-state index contributed by atoms with van der Waals surface area (Å²) < 4.78 is 9.84. The van der Waals surface area contributed by atoms with Gasteiger partial charge in [-0.1, -0.05) is 42.5 Å². The van der Waals surface area contributed by atoms with E-state index in [9.17, 15) is 9.59 Å². The highest BCUT2D eigenvalue weighted by Gasteiger charge is 2.25. The number of carbonyl (C=O) groups excluding carboxylic acids is 2. The number of amides is 1. The minimum atomic E-state index is -0.528. The number of carbonyl (C=O) groups is 2. The number of esters is 1. The van der Waals surface area contributed by atoms with Gasteiger partial charge in [-0.15, -0.1) is 0 Å². The molecule has 7 heteroatoms. The standard InChI is InChI=1S/C22H23N3O4/c1-3-29-21(26)18(13-15-7-5-4-6-8-15)20-23-14-19(25-20)16-9-11-17(12-10-16)24-22(27)28-2/h4-12,14,18H,3,13H2,1-2H3,(H,23,25)(H,24,27). The first kappa shape index (κ1) is 20.1. The second kappa shape index (κ2) is 9.54. The van der Waals surface area contributed by atoms with Crippen LogP contribution in [0.1, 0.15) is 24.2 Å². The maximum absolute atomic E-state index is 12.5. The molecule has 2 aromatic carbocycles. The van der Waals surface area contributed by atoms with Crippen LogP contribution in [0.4, 0.5) is 10.5 Å². The van der Waals surface area contributed by atoms with Gasteiger partial charge in [0.15, 0.2) is 0 Å². The number of aromatic nitrogens is 2. The molecule has 0 aliphatic heterocycles. The number of aromatic amines is 1. The molecule has 0 saturated carbocycles. The van der Waals surface area contributed by atoms with Crippen molar-refractivity contribution in [1.82, 2.24) is 9.97 Å². The number of hydrogen-bond acceptors (Lipinski definition) is 5. The Morgan fingerprint density at radius 1 is 1.10 bits per heavy atom. The van der Waals surface area contributed by atoms with Gasteiger partial charge in [-0.05, 0) is 36.6 Å². The molecule has 1 amide bonds. The zero-order valence-corrected chi connectivity index (χ0v) is 16.3. The molecule has 1 aromatic heterocycles. The number of nitrogens with one attached hydrogen (secondary N) is 2. The van der Waals surface area contributed by atoms with Crippen molar-refractivity contribution in [2.75, 3.05) is 19.0 Å². The molecule has 0 fully saturated rings. The fourth-order valence-electron chi connectivity index (χ4n) is 2.95. The van der Waals surface area contributed by atoms with Crippen molar-refractivity contribution in [3.05, 3.63) is 72.2 Å². The van der Waals surface area contributed by atoms with Crippen molar-refractivity contribution in [3.63, 3.8) is 0 Å². The summed E-state index contributed by atoms with van der Waals surface area (Å²) in [5.41, 5.74) is 3.30. The zero-order chi connectivity index (χ0) is 20.6. The summed E-state index contributed by atoms with van der Waals surface area (Å²) in [6.07, 6.45) is 1.66. The van der Waals surface area contributed by atoms with Crippen molar-refractivity contribution in [1.29, 1.82) is 0 Å². The molecule has 0 radical (unpaired) electrons. The topological polar surface area (TPSA) is 93.3 Å². The second-order valence-electron chi connectivity index (χ2n) is 6.37. The van der Waals surface area contributed by atoms with Crippen LogP contribution in [0.25, 0.3) is 11.3 Å². The molecule has 29 heavy (non-hydrogen) atoms. The molecule has 3 rings (SSSR count). The number of H-pyrrole nitrogens is 1. The quantitative estimate of drug-likeness (QED) is 0.588. The summed E-state index contributed by atoms with van der Waals surface area (Å²) in [7, 11) is 1.31. The van der Waals surface area contributed by atoms with Gasteiger partial charge in [0, 0.05) is 5.69 Å². The normalized spacial score (nSPS) is 11.5. The molecule has 150 valence electrons. The lowest BCUT2D eigenvalue weighted by Crippen LogP contribution is -2.19. The Bertz CT molecular complexity index is 952. The molecule has 0 aliphatic carbocycles. The monoisotopic (exact) mass is 393 g/mol. The Labute approximate surface area is 169 Å². The highest BCUT2D eigenvalue weighted by Crippen LogP contribution is 2.25. The number of benzene rings is 2. The summed E-state index contributed by atoms with van der Waals surface area (Å²) in [5.74, 6) is -0.277. The van der Waals surface area contributed by atoms with Gasteiger partial charge < -0.3 is 14.5 Å². The molecule has 0 saturated heterocycles. The van der Waals surface area contributed by atoms with Gasteiger partial charge in [0.1, 0.15) is 11.7 Å². The van der Waals surface area contributed by atoms with E-state index in [1.165, 1.54) is 7.11 Å². The van der Waals surface area contributed by atoms with E-state index >= 15 is 0 Å². The van der Waals surface area contributed by atoms with Crippen LogP contribution >= 0.6 is 0 Å². The molecular formula is C22H23N3O4. The Hall–Kier alpha value is -3.61. The maximum Gasteiger partial charge on any atom is 0.411 e. The van der Waals surface area contributed by atoms with Crippen LogP contribution in [0, 0.1) is 0 Å². The van der Waals surface area contributed by atoms with Crippen molar-refractivity contribution in [2.24, 2.45) is 0 Å². The zero-order valence-electron chi connectivity index (χ0n) is 16.3. The van der Waals surface area contributed by atoms with E-state index < -0.39 is 12.0 Å². The lowest BCUT2D eigenvalue weighted by Gasteiger charge is -2.13. The predicted octanol–water partition coefficient (Wildman–Crippen LogP) is 4.14. The number of nitrogens with zero attached hydrogens (tertiary/aromatic N) is 1. The van der Waals surface area contributed by atoms with Gasteiger partial charge >= 0.3 is 12.1 Å². The van der Waals surface area contributed by atoms with E-state index in [1.54, 1.807) is 25.3 Å². The first-order valence-electron chi connectivity index (χ1n) is 9.31. The smallest absolute Gasteiger partial charge is 0.411 e. The van der Waals surface area contributed by atoms with Crippen LogP contribution in [-0.4, -0.2) is 35.7 Å². The van der Waals surface area contributed by atoms with Crippen molar-refractivity contribution in [2.45, 2.75) is 19.3 Å². The lowest BCUT2D eigenvalue weighted by atomic mass is 9.99. The summed E-state index contributed by atoms with van der Waals surface area (Å²) in [6.45, 7) is 2.10. The third-order valence-corrected chi connectivity index (χ3v) is 4.41. The average molecular weight is 393 g/mol. The Morgan fingerprint density at radius 2 is 1.83 bits per heavy atom. The van der Waals surface area contributed by atoms with Gasteiger partial charge in [-0.25, -0.2) is 9.78 Å². The molecule has 0 aliphatic rings. The lowest BCUT2D eigenvalue weighted by molar-refractivity contribution is -0.145. The Morgan fingerprint density at radius 3 is 2.48 bits per heavy atom. The fraction of sp³-hybridized carbons (Fsp3) is 0.227. The first-order chi connectivity index (χ1) is 14.1. The summed E-state index contributed by atoms with van der Waals surface area (Å²) in [6, 6.07) is 17.0. The van der Waals surface area contributed by atoms with Crippen LogP contribution in [-0.2, 0) is 20.7 Å². The summed E-state index contributed by atoms with van der Waals surface area (Å²) in [5, 5.41) is 2.60. The number of anilines is 1. The van der Waals surface area contributed by atoms with Gasteiger partial charge in [0.2, 0.25) is 0 Å². The highest BCUT2D eigenvalue weighted by molar-refractivity contribution is 5.85. The SMILES string of the molecule is CCOC(=O)C(Cc1ccccc1)c1ncc(-c2ccc(NC(=O)OC)cc2)[nH]1. The van der Waals surface area contributed by atoms with Gasteiger partial charge in [0.05, 0.1) is 25.6 Å². The van der Waals surface area contributed by atoms with Gasteiger partial charge in [-0.2, -0.15) is 0 Å². The van der Waals surface area contributed by atoms with Crippen LogP contribution in [0.2, 0.25) is 0 Å². The number of ether oxygens (including phenoxy) is 2. The molecule has 0 spiro atoms. The summed E-state index contributed by atoms with van der Waals surface area (Å²) in [4.78, 5) is 31.5. The molecule has 1 atom stereocenters. The minimum Gasteiger partial charge on any atom is -0.465 e. The molecule has 0 bridgehead atoms. The summed E-state index contributed by atoms with van der Waals surface area (Å²) >= 11 is 0. The minimum absolute atomic E-state index is 0.310. The number of imidazole rings is 1. The molecule has 7 nitrogen and oxygen atoms in total. The number of hydrogen-bond donors (Lipinski definition) is 2. The number of methoxy groups -OCH3 is 1. The van der Waals surface area contributed by atoms with E-state index in [1.807, 2.05) is 42.5 Å². The average Bonchev–Trinajstić information content (AvgIpc) is 3.23. The second-order valence-corrected chi connectivity index (χ2v) is 6.37. The first-order valence-corrected chi connectivity index (χ1v) is 9.31. The predicted molar refractivity (Wildman–Crippen MR) is 110 cm³/mol. The van der Waals surface area contributed by atoms with E-state index in [0.717, 1.165) is 16.8 Å². The fourth-order valence-corrected chi connectivity index (χ4v) is 2.95. The third-order valence-electron chi connectivity index (χ3n) is 4.41. The van der Waals surface area contributed by atoms with Crippen LogP contribution in [0.3, 0.4) is 0 Å². The maximum atomic E-state index is 12.5. The molecule has 3 aromatic rings. The molecule has 1 unspecified atom stereocenters. The van der Waals surface area contributed by atoms with Gasteiger partial charge in [-0.3, -0.25) is 10.1 Å². The largest absolute Gasteiger partial charge is 0.465 e. The van der Waals surface area contributed by atoms with E-state index in [0.29, 0.717) is 24.5 Å². The van der Waals surface area contributed by atoms with Gasteiger partial charge in [0.25, 0.3) is 0 Å². The third kappa shape index (κ3) is 5.22. The highest BCUT2D eigenvalue weighted by atomic mass is 16.5. The molecular weight excluding hydrogens is 370 g/mol. The Balaban J connectivity index is 1.81. The van der Waals surface area contributed by atoms with E-state index in [4.69, 9.17) is 4.74 Å². The van der Waals surface area contributed by atoms with Crippen molar-refractivity contribution >= 4 is 17.7 Å². The van der Waals surface area contributed by atoms with E-state index in [-0.39, 0.29) is 5.97 Å². The van der Waals surface area contributed by atoms with Crippen LogP contribution < -0.4 is 5.32 Å². The van der Waals surface area contributed by atoms with E-state index in [2.05, 4.69) is 20.0 Å². The van der Waals surface area contributed by atoms with Crippen LogP contribution in [0.15, 0.2) is 60.8 Å². The van der Waals surface area contributed by atoms with Crippen LogP contribution in [0.5, 0.6) is 0 Å². The molecule has 2 N–H and O–H groups in total. The number of rotatable bonds is 7. The van der Waals surface area contributed by atoms with Crippen molar-refractivity contribution < 1.29 is 19.1 Å². The molecule has 1 heterocycles. The Kier molecular flexibility index (Phi) is 6.63.